The Morgan fingerprint density at radius 1 is 0.959 bits per heavy atom. The number of ether oxygens (including phenoxy) is 2. The number of halogens is 2. The Labute approximate surface area is 301 Å². The highest BCUT2D eigenvalue weighted by Gasteiger charge is 2.51. The molecule has 0 radical (unpaired) electrons. The van der Waals surface area contributed by atoms with Crippen LogP contribution in [0.4, 0.5) is 0 Å². The van der Waals surface area contributed by atoms with Crippen molar-refractivity contribution in [2.75, 3.05) is 60.0 Å². The molecule has 0 spiro atoms. The average molecular weight is 710 g/mol. The molecule has 10 heteroatoms. The average Bonchev–Trinajstić information content (AvgIpc) is 3.63. The molecule has 0 bridgehead atoms. The number of likely N-dealkylation sites (tertiary alicyclic amines) is 2. The molecule has 2 saturated heterocycles. The molecule has 0 aromatic heterocycles. The second-order valence-corrected chi connectivity index (χ2v) is 14.2. The molecule has 49 heavy (non-hydrogen) atoms. The first-order valence-electron chi connectivity index (χ1n) is 17.4. The van der Waals surface area contributed by atoms with Crippen LogP contribution in [0.5, 0.6) is 11.5 Å². The van der Waals surface area contributed by atoms with Gasteiger partial charge >= 0.3 is 0 Å². The van der Waals surface area contributed by atoms with Crippen LogP contribution in [0.15, 0.2) is 60.7 Å². The summed E-state index contributed by atoms with van der Waals surface area (Å²) < 4.78 is 11.6. The van der Waals surface area contributed by atoms with E-state index >= 15 is 0 Å². The zero-order chi connectivity index (χ0) is 35.3. The third kappa shape index (κ3) is 7.58. The van der Waals surface area contributed by atoms with Gasteiger partial charge in [0.05, 0.1) is 29.7 Å². The van der Waals surface area contributed by atoms with E-state index < -0.39 is 5.41 Å². The highest BCUT2D eigenvalue weighted by Crippen LogP contribution is 2.47. The lowest BCUT2D eigenvalue weighted by atomic mass is 9.62. The van der Waals surface area contributed by atoms with E-state index in [0.717, 1.165) is 49.2 Å². The summed E-state index contributed by atoms with van der Waals surface area (Å²) in [4.78, 5) is 34.2. The van der Waals surface area contributed by atoms with E-state index in [1.54, 1.807) is 20.3 Å². The maximum atomic E-state index is 13.9. The smallest absolute Gasteiger partial charge is 0.254 e. The van der Waals surface area contributed by atoms with Gasteiger partial charge in [-0.05, 0) is 87.1 Å². The van der Waals surface area contributed by atoms with Gasteiger partial charge < -0.3 is 25.0 Å². The lowest BCUT2D eigenvalue weighted by Gasteiger charge is -2.49. The minimum absolute atomic E-state index is 0.0225. The van der Waals surface area contributed by atoms with Gasteiger partial charge in [-0.3, -0.25) is 14.5 Å². The molecule has 2 aliphatic heterocycles. The minimum atomic E-state index is -0.901. The number of amides is 2. The first kappa shape index (κ1) is 37.0. The van der Waals surface area contributed by atoms with Gasteiger partial charge in [-0.15, -0.1) is 0 Å². The lowest BCUT2D eigenvalue weighted by molar-refractivity contribution is -0.126. The van der Waals surface area contributed by atoms with Gasteiger partial charge in [0.2, 0.25) is 5.91 Å². The molecule has 2 N–H and O–H groups in total. The van der Waals surface area contributed by atoms with E-state index in [0.29, 0.717) is 59.7 Å². The quantitative estimate of drug-likeness (QED) is 0.214. The molecule has 264 valence electrons. The predicted molar refractivity (Wildman–Crippen MR) is 197 cm³/mol. The maximum Gasteiger partial charge on any atom is 0.254 e. The SMILES string of the molecule is CCN(CC)CCc1c(OC)cc(C(=O)N2CCC(C(C)N3CCC(C(N)=O)(c4ccccc4)C(c4ccc(Cl)c(Cl)c4)C3)C2)cc1OC. The van der Waals surface area contributed by atoms with Crippen LogP contribution in [-0.4, -0.2) is 92.6 Å². The van der Waals surface area contributed by atoms with Gasteiger partial charge in [0.15, 0.2) is 0 Å². The molecule has 3 aromatic rings. The van der Waals surface area contributed by atoms with Crippen LogP contribution in [0, 0.1) is 5.92 Å². The fourth-order valence-electron chi connectivity index (χ4n) is 7.99. The number of hydrogen-bond acceptors (Lipinski definition) is 6. The van der Waals surface area contributed by atoms with Gasteiger partial charge in [-0.2, -0.15) is 0 Å². The van der Waals surface area contributed by atoms with E-state index in [1.807, 2.05) is 59.5 Å². The second kappa shape index (κ2) is 16.2. The number of primary amides is 1. The van der Waals surface area contributed by atoms with E-state index in [4.69, 9.17) is 38.4 Å². The Bertz CT molecular complexity index is 1590. The van der Waals surface area contributed by atoms with Crippen molar-refractivity contribution in [3.63, 3.8) is 0 Å². The van der Waals surface area contributed by atoms with Gasteiger partial charge in [-0.25, -0.2) is 0 Å². The molecular formula is C39H50Cl2N4O4. The van der Waals surface area contributed by atoms with Crippen molar-refractivity contribution in [3.8, 4) is 11.5 Å². The number of benzene rings is 3. The summed E-state index contributed by atoms with van der Waals surface area (Å²) in [5.74, 6) is 1.01. The normalized spacial score (nSPS) is 21.9. The third-order valence-corrected chi connectivity index (χ3v) is 11.8. The number of nitrogens with zero attached hydrogens (tertiary/aromatic N) is 3. The number of carbonyl (C=O) groups is 2. The zero-order valence-corrected chi connectivity index (χ0v) is 30.9. The van der Waals surface area contributed by atoms with Gasteiger partial charge in [0.1, 0.15) is 11.5 Å². The fourth-order valence-corrected chi connectivity index (χ4v) is 8.30. The zero-order valence-electron chi connectivity index (χ0n) is 29.4. The summed E-state index contributed by atoms with van der Waals surface area (Å²) in [6.07, 6.45) is 2.22. The largest absolute Gasteiger partial charge is 0.496 e. The molecule has 0 saturated carbocycles. The first-order chi connectivity index (χ1) is 23.6. The molecule has 0 aliphatic carbocycles. The number of methoxy groups -OCH3 is 2. The molecule has 4 atom stereocenters. The molecule has 2 amide bonds. The molecule has 5 rings (SSSR count). The summed E-state index contributed by atoms with van der Waals surface area (Å²) in [5, 5.41) is 0.918. The van der Waals surface area contributed by atoms with E-state index in [9.17, 15) is 9.59 Å². The molecule has 3 aromatic carbocycles. The van der Waals surface area contributed by atoms with Crippen molar-refractivity contribution >= 4 is 35.0 Å². The summed E-state index contributed by atoms with van der Waals surface area (Å²) in [6, 6.07) is 19.4. The van der Waals surface area contributed by atoms with Crippen molar-refractivity contribution in [2.24, 2.45) is 11.7 Å². The van der Waals surface area contributed by atoms with Crippen LogP contribution in [0.25, 0.3) is 0 Å². The molecule has 2 fully saturated rings. The Balaban J connectivity index is 1.35. The number of piperidine rings is 1. The first-order valence-corrected chi connectivity index (χ1v) is 18.1. The van der Waals surface area contributed by atoms with Gasteiger partial charge in [0, 0.05) is 49.3 Å². The van der Waals surface area contributed by atoms with Gasteiger partial charge in [0.25, 0.3) is 5.91 Å². The molecular weight excluding hydrogens is 659 g/mol. The third-order valence-electron chi connectivity index (χ3n) is 11.1. The number of likely N-dealkylation sites (N-methyl/N-ethyl adjacent to an activating group) is 1. The van der Waals surface area contributed by atoms with Crippen molar-refractivity contribution in [1.82, 2.24) is 14.7 Å². The molecule has 8 nitrogen and oxygen atoms in total. The highest BCUT2D eigenvalue weighted by molar-refractivity contribution is 6.42. The van der Waals surface area contributed by atoms with Crippen molar-refractivity contribution in [1.29, 1.82) is 0 Å². The lowest BCUT2D eigenvalue weighted by Crippen LogP contribution is -2.57. The topological polar surface area (TPSA) is 88.3 Å². The van der Waals surface area contributed by atoms with E-state index in [2.05, 4.69) is 30.6 Å². The van der Waals surface area contributed by atoms with E-state index in [1.165, 1.54) is 0 Å². The van der Waals surface area contributed by atoms with Crippen molar-refractivity contribution < 1.29 is 19.1 Å². The van der Waals surface area contributed by atoms with Crippen LogP contribution in [0.3, 0.4) is 0 Å². The Kier molecular flexibility index (Phi) is 12.2. The molecule has 4 unspecified atom stereocenters. The molecule has 2 aliphatic rings. The highest BCUT2D eigenvalue weighted by atomic mass is 35.5. The predicted octanol–water partition coefficient (Wildman–Crippen LogP) is 6.66. The van der Waals surface area contributed by atoms with Crippen LogP contribution in [0.2, 0.25) is 10.0 Å². The number of hydrogen-bond donors (Lipinski definition) is 1. The Hall–Kier alpha value is -3.30. The molecule has 2 heterocycles. The Morgan fingerprint density at radius 3 is 2.22 bits per heavy atom. The maximum absolute atomic E-state index is 13.9. The monoisotopic (exact) mass is 708 g/mol. The van der Waals surface area contributed by atoms with Crippen LogP contribution < -0.4 is 15.2 Å². The van der Waals surface area contributed by atoms with Crippen molar-refractivity contribution in [3.05, 3.63) is 93.0 Å². The van der Waals surface area contributed by atoms with Crippen LogP contribution in [0.1, 0.15) is 66.6 Å². The summed E-state index contributed by atoms with van der Waals surface area (Å²) >= 11 is 12.8. The number of carbonyl (C=O) groups excluding carboxylic acids is 2. The minimum Gasteiger partial charge on any atom is -0.496 e. The standard InChI is InChI=1S/C39H50Cl2N4O4/c1-6-43(7-2)18-16-31-35(48-4)22-29(23-36(31)49-5)37(46)45-19-15-28(24-45)26(3)44-20-17-39(38(42)47,30-11-9-8-10-12-30)32(25-44)27-13-14-33(40)34(41)21-27/h8-14,21-23,26,28,32H,6-7,15-20,24-25H2,1-5H3,(H2,42,47). The summed E-state index contributed by atoms with van der Waals surface area (Å²) in [5.41, 5.74) is 8.78. The fraction of sp³-hybridized carbons (Fsp3) is 0.487. The second-order valence-electron chi connectivity index (χ2n) is 13.3. The Morgan fingerprint density at radius 2 is 1.63 bits per heavy atom. The number of rotatable bonds is 13. The summed E-state index contributed by atoms with van der Waals surface area (Å²) in [7, 11) is 3.29. The summed E-state index contributed by atoms with van der Waals surface area (Å²) in [6.45, 7) is 12.0. The van der Waals surface area contributed by atoms with Crippen molar-refractivity contribution in [2.45, 2.75) is 57.4 Å². The van der Waals surface area contributed by atoms with Gasteiger partial charge in [-0.1, -0.05) is 73.4 Å². The van der Waals surface area contributed by atoms with Crippen LogP contribution in [-0.2, 0) is 16.6 Å². The van der Waals surface area contributed by atoms with Crippen LogP contribution >= 0.6 is 23.2 Å². The number of nitrogens with two attached hydrogens (primary N) is 1. The van der Waals surface area contributed by atoms with E-state index in [-0.39, 0.29) is 29.7 Å².